The third-order valence-electron chi connectivity index (χ3n) is 12.4. The first-order valence-corrected chi connectivity index (χ1v) is 31.3. The zero-order chi connectivity index (χ0) is 67.2. The summed E-state index contributed by atoms with van der Waals surface area (Å²) in [7, 11) is 0. The highest BCUT2D eigenvalue weighted by atomic mass is 16.6. The van der Waals surface area contributed by atoms with E-state index in [1.54, 1.807) is 13.8 Å². The molecule has 94 heavy (non-hydrogen) atoms. The molecule has 6 N–H and O–H groups in total. The van der Waals surface area contributed by atoms with Crippen LogP contribution in [-0.2, 0) is 103 Å². The van der Waals surface area contributed by atoms with Crippen LogP contribution in [-0.4, -0.2) is 285 Å². The van der Waals surface area contributed by atoms with Crippen molar-refractivity contribution in [3.8, 4) is 22.8 Å². The number of benzene rings is 2. The Morgan fingerprint density at radius 3 is 0.915 bits per heavy atom. The van der Waals surface area contributed by atoms with E-state index < -0.39 is 12.0 Å². The van der Waals surface area contributed by atoms with E-state index in [4.69, 9.17) is 66.7 Å². The fourth-order valence-corrected chi connectivity index (χ4v) is 7.66. The Labute approximate surface area is 547 Å². The average molecular weight is 1330 g/mol. The third kappa shape index (κ3) is 42.1. The minimum absolute atomic E-state index is 0.0386. The van der Waals surface area contributed by atoms with Crippen LogP contribution in [0.1, 0.15) is 48.5 Å². The SMILES string of the molecule is Cc1nnc(-c2ccc(CC(=O)NCCOCCOCCOCCNC(=O)CCOCC(COCCC(=O)NCCOCCOCCOCCNC(=O)Cc3ccc(-c4nnc(C)nn4)cc3)NC(=O)CCOCCOCCOCCOCCOCCC(=O)O)cc2)nn1. The van der Waals surface area contributed by atoms with Gasteiger partial charge in [0, 0.05) is 56.6 Å². The van der Waals surface area contributed by atoms with E-state index in [9.17, 15) is 28.8 Å². The lowest BCUT2D eigenvalue weighted by Crippen LogP contribution is -2.42. The third-order valence-corrected chi connectivity index (χ3v) is 12.4. The van der Waals surface area contributed by atoms with Crippen LogP contribution < -0.4 is 26.6 Å². The van der Waals surface area contributed by atoms with E-state index in [1.807, 2.05) is 48.5 Å². The number of carbonyl (C=O) groups excluding carboxylic acids is 5. The number of nitrogens with one attached hydrogen (secondary N) is 5. The van der Waals surface area contributed by atoms with Crippen molar-refractivity contribution in [2.45, 2.75) is 58.4 Å². The molecule has 0 aliphatic heterocycles. The van der Waals surface area contributed by atoms with Gasteiger partial charge in [-0.3, -0.25) is 28.8 Å². The zero-order valence-electron chi connectivity index (χ0n) is 53.9. The molecule has 2 heterocycles. The van der Waals surface area contributed by atoms with Gasteiger partial charge in [0.2, 0.25) is 41.2 Å². The summed E-state index contributed by atoms with van der Waals surface area (Å²) in [6, 6.07) is 14.0. The summed E-state index contributed by atoms with van der Waals surface area (Å²) in [5, 5.41) is 54.5. The molecule has 0 aliphatic carbocycles. The molecule has 5 amide bonds. The van der Waals surface area contributed by atoms with Crippen molar-refractivity contribution in [2.24, 2.45) is 0 Å². The highest BCUT2D eigenvalue weighted by molar-refractivity contribution is 5.79. The molecular weight excluding hydrogens is 1230 g/mol. The minimum Gasteiger partial charge on any atom is -0.481 e. The molecule has 0 spiro atoms. The highest BCUT2D eigenvalue weighted by Gasteiger charge is 2.16. The Hall–Kier alpha value is -7.38. The smallest absolute Gasteiger partial charge is 0.305 e. The number of carbonyl (C=O) groups is 6. The quantitative estimate of drug-likeness (QED) is 0.0300. The molecule has 4 rings (SSSR count). The predicted molar refractivity (Wildman–Crippen MR) is 334 cm³/mol. The summed E-state index contributed by atoms with van der Waals surface area (Å²) in [4.78, 5) is 73.1. The fraction of sp³-hybridized carbons (Fsp3) is 0.639. The first-order chi connectivity index (χ1) is 45.9. The molecule has 2 aromatic heterocycles. The lowest BCUT2D eigenvalue weighted by molar-refractivity contribution is -0.138. The topological polar surface area (TPSA) is 406 Å². The van der Waals surface area contributed by atoms with Crippen LogP contribution in [0.15, 0.2) is 48.5 Å². The van der Waals surface area contributed by atoms with Crippen LogP contribution >= 0.6 is 0 Å². The molecule has 0 unspecified atom stereocenters. The van der Waals surface area contributed by atoms with Gasteiger partial charge < -0.3 is 93.3 Å². The van der Waals surface area contributed by atoms with Gasteiger partial charge in [-0.25, -0.2) is 0 Å². The van der Waals surface area contributed by atoms with E-state index in [0.29, 0.717) is 149 Å². The van der Waals surface area contributed by atoms with Gasteiger partial charge in [0.05, 0.1) is 197 Å². The molecule has 33 heteroatoms. The van der Waals surface area contributed by atoms with Gasteiger partial charge in [0.1, 0.15) is 0 Å². The Kier molecular flexibility index (Phi) is 44.5. The van der Waals surface area contributed by atoms with E-state index in [-0.39, 0.29) is 141 Å². The van der Waals surface area contributed by atoms with Crippen molar-refractivity contribution in [3.05, 3.63) is 71.3 Å². The van der Waals surface area contributed by atoms with Gasteiger partial charge in [0.25, 0.3) is 0 Å². The first-order valence-electron chi connectivity index (χ1n) is 31.3. The van der Waals surface area contributed by atoms with Crippen LogP contribution in [0.3, 0.4) is 0 Å². The minimum atomic E-state index is -0.915. The summed E-state index contributed by atoms with van der Waals surface area (Å²) >= 11 is 0. The summed E-state index contributed by atoms with van der Waals surface area (Å²) < 4.78 is 71.8. The summed E-state index contributed by atoms with van der Waals surface area (Å²) in [6.07, 6.45) is 0.558. The second-order valence-electron chi connectivity index (χ2n) is 20.2. The molecule has 33 nitrogen and oxygen atoms in total. The van der Waals surface area contributed by atoms with Gasteiger partial charge in [-0.05, 0) is 25.0 Å². The Bertz CT molecular complexity index is 2510. The van der Waals surface area contributed by atoms with Crippen molar-refractivity contribution in [3.63, 3.8) is 0 Å². The number of aryl methyl sites for hydroxylation is 2. The Morgan fingerprint density at radius 1 is 0.330 bits per heavy atom. The van der Waals surface area contributed by atoms with E-state index in [2.05, 4.69) is 67.4 Å². The van der Waals surface area contributed by atoms with Gasteiger partial charge in [0.15, 0.2) is 11.6 Å². The Morgan fingerprint density at radius 2 is 0.596 bits per heavy atom. The molecule has 0 fully saturated rings. The number of hydrogen-bond donors (Lipinski definition) is 6. The second-order valence-corrected chi connectivity index (χ2v) is 20.2. The number of carboxylic acid groups (broad SMARTS) is 1. The number of nitrogens with zero attached hydrogens (tertiary/aromatic N) is 8. The van der Waals surface area contributed by atoms with Gasteiger partial charge in [-0.1, -0.05) is 48.5 Å². The van der Waals surface area contributed by atoms with Crippen LogP contribution in [0, 0.1) is 13.8 Å². The molecule has 4 aromatic rings. The normalized spacial score (nSPS) is 11.2. The molecule has 522 valence electrons. The van der Waals surface area contributed by atoms with Crippen molar-refractivity contribution in [1.29, 1.82) is 0 Å². The van der Waals surface area contributed by atoms with E-state index >= 15 is 0 Å². The van der Waals surface area contributed by atoms with Crippen molar-refractivity contribution >= 4 is 35.5 Å². The molecule has 2 aromatic carbocycles. The summed E-state index contributed by atoms with van der Waals surface area (Å²) in [5.41, 5.74) is 3.19. The largest absolute Gasteiger partial charge is 0.481 e. The fourth-order valence-electron chi connectivity index (χ4n) is 7.66. The lowest BCUT2D eigenvalue weighted by Gasteiger charge is -2.19. The maximum Gasteiger partial charge on any atom is 0.305 e. The first kappa shape index (κ1) is 79.1. The van der Waals surface area contributed by atoms with Crippen molar-refractivity contribution < 1.29 is 95.5 Å². The van der Waals surface area contributed by atoms with Crippen LogP contribution in [0.4, 0.5) is 0 Å². The van der Waals surface area contributed by atoms with Gasteiger partial charge in [-0.15, -0.1) is 40.8 Å². The van der Waals surface area contributed by atoms with Crippen LogP contribution in [0.5, 0.6) is 0 Å². The number of amides is 5. The standard InChI is InChI=1S/C61H93N13O20/c1-47-67-71-60(72-68-47)51-7-3-49(4-8-51)43-57(78)64-17-25-86-31-37-90-35-29-84-23-15-62-54(75)11-20-93-45-53(66-56(77)13-19-82-27-33-88-39-41-92-42-40-89-34-28-83-22-14-59(80)81)46-94-21-12-55(76)63-16-24-85-30-36-91-38-32-87-26-18-65-58(79)44-50-5-9-52(10-6-50)61-73-69-48(2)70-74-61/h3-10,53H,11-46H2,1-2H3,(H,62,75)(H,63,76)(H,64,78)(H,65,79)(H,66,77)(H,80,81). The van der Waals surface area contributed by atoms with E-state index in [1.165, 1.54) is 0 Å². The van der Waals surface area contributed by atoms with Gasteiger partial charge in [-0.2, -0.15) is 0 Å². The van der Waals surface area contributed by atoms with Crippen LogP contribution in [0.25, 0.3) is 22.8 Å². The maximum atomic E-state index is 12.9. The molecule has 0 atom stereocenters. The molecular formula is C61H93N13O20. The second kappa shape index (κ2) is 52.9. The molecule has 0 radical (unpaired) electrons. The molecule has 0 aliphatic rings. The maximum absolute atomic E-state index is 12.9. The van der Waals surface area contributed by atoms with Crippen LogP contribution in [0.2, 0.25) is 0 Å². The molecule has 0 saturated heterocycles. The number of rotatable bonds is 59. The van der Waals surface area contributed by atoms with E-state index in [0.717, 1.165) is 22.3 Å². The number of hydrogen-bond acceptors (Lipinski definition) is 27. The van der Waals surface area contributed by atoms with Gasteiger partial charge >= 0.3 is 5.97 Å². The summed E-state index contributed by atoms with van der Waals surface area (Å²) in [5.74, 6) is -0.186. The Balaban J connectivity index is 0.973. The number of ether oxygens (including phenoxy) is 13. The molecule has 0 bridgehead atoms. The zero-order valence-corrected chi connectivity index (χ0v) is 53.9. The number of aromatic nitrogens is 8. The summed E-state index contributed by atoms with van der Waals surface area (Å²) in [6.45, 7) is 11.7. The monoisotopic (exact) mass is 1330 g/mol. The number of aliphatic carboxylic acids is 1. The lowest BCUT2D eigenvalue weighted by atomic mass is 10.1. The predicted octanol–water partition coefficient (Wildman–Crippen LogP) is -0.607. The average Bonchev–Trinajstić information content (AvgIpc) is 0.929. The number of carboxylic acids is 1. The molecule has 0 saturated carbocycles. The van der Waals surface area contributed by atoms with Crippen molar-refractivity contribution in [1.82, 2.24) is 67.4 Å². The highest BCUT2D eigenvalue weighted by Crippen LogP contribution is 2.16. The van der Waals surface area contributed by atoms with Crippen molar-refractivity contribution in [2.75, 3.05) is 198 Å².